The van der Waals surface area contributed by atoms with Gasteiger partial charge in [0.05, 0.1) is 26.4 Å². The molecule has 4 nitrogen and oxygen atoms in total. The van der Waals surface area contributed by atoms with Crippen LogP contribution in [0.3, 0.4) is 0 Å². The Morgan fingerprint density at radius 1 is 1.17 bits per heavy atom. The molecule has 1 aliphatic heterocycles. The van der Waals surface area contributed by atoms with Crippen molar-refractivity contribution in [2.75, 3.05) is 13.7 Å². The van der Waals surface area contributed by atoms with E-state index in [0.717, 1.165) is 30.6 Å². The van der Waals surface area contributed by atoms with E-state index in [2.05, 4.69) is 6.92 Å². The fourth-order valence-corrected chi connectivity index (χ4v) is 3.53. The molecule has 1 heterocycles. The first-order valence-electron chi connectivity index (χ1n) is 8.81. The molecule has 1 aliphatic carbocycles. The van der Waals surface area contributed by atoms with Crippen LogP contribution in [0.2, 0.25) is 0 Å². The predicted molar refractivity (Wildman–Crippen MR) is 88.5 cm³/mol. The lowest BCUT2D eigenvalue weighted by Crippen LogP contribution is -2.36. The fourth-order valence-electron chi connectivity index (χ4n) is 3.53. The maximum Gasteiger partial charge on any atom is 0.169 e. The van der Waals surface area contributed by atoms with Crippen LogP contribution in [0, 0.1) is 0 Å². The molecular weight excluding hydrogens is 292 g/mol. The van der Waals surface area contributed by atoms with Gasteiger partial charge in [-0.25, -0.2) is 0 Å². The Hall–Kier alpha value is -1.10. The van der Waals surface area contributed by atoms with Gasteiger partial charge in [-0.1, -0.05) is 25.5 Å². The number of hydrogen-bond acceptors (Lipinski definition) is 4. The molecule has 0 unspecified atom stereocenters. The predicted octanol–water partition coefficient (Wildman–Crippen LogP) is 4.07. The van der Waals surface area contributed by atoms with Crippen molar-refractivity contribution in [2.24, 2.45) is 0 Å². The summed E-state index contributed by atoms with van der Waals surface area (Å²) in [4.78, 5) is 0. The molecule has 2 atom stereocenters. The fraction of sp³-hybridized carbons (Fsp3) is 0.684. The Bertz CT molecular complexity index is 479. The van der Waals surface area contributed by atoms with Crippen LogP contribution in [0.25, 0.3) is 0 Å². The summed E-state index contributed by atoms with van der Waals surface area (Å²) < 4.78 is 23.6. The van der Waals surface area contributed by atoms with Gasteiger partial charge in [-0.2, -0.15) is 0 Å². The van der Waals surface area contributed by atoms with Gasteiger partial charge in [0.15, 0.2) is 5.79 Å². The quantitative estimate of drug-likeness (QED) is 0.792. The average molecular weight is 320 g/mol. The zero-order valence-corrected chi connectivity index (χ0v) is 14.3. The monoisotopic (exact) mass is 320 g/mol. The molecule has 0 radical (unpaired) electrons. The molecule has 1 spiro atoms. The zero-order chi connectivity index (χ0) is 16.1. The van der Waals surface area contributed by atoms with E-state index in [0.29, 0.717) is 13.2 Å². The van der Waals surface area contributed by atoms with E-state index in [-0.39, 0.29) is 18.0 Å². The summed E-state index contributed by atoms with van der Waals surface area (Å²) in [5.41, 5.74) is 1.15. The summed E-state index contributed by atoms with van der Waals surface area (Å²) in [6.45, 7) is 3.39. The topological polar surface area (TPSA) is 36.9 Å². The minimum atomic E-state index is -0.320. The van der Waals surface area contributed by atoms with E-state index in [1.54, 1.807) is 7.11 Å². The molecular formula is C19H28O4. The van der Waals surface area contributed by atoms with E-state index >= 15 is 0 Å². The van der Waals surface area contributed by atoms with Gasteiger partial charge in [-0.15, -0.1) is 0 Å². The number of benzene rings is 1. The van der Waals surface area contributed by atoms with Gasteiger partial charge in [0.1, 0.15) is 11.9 Å². The first-order valence-corrected chi connectivity index (χ1v) is 8.81. The highest BCUT2D eigenvalue weighted by molar-refractivity contribution is 5.26. The van der Waals surface area contributed by atoms with Crippen LogP contribution in [0.15, 0.2) is 24.3 Å². The minimum absolute atomic E-state index is 0.0522. The van der Waals surface area contributed by atoms with E-state index in [4.69, 9.17) is 18.9 Å². The van der Waals surface area contributed by atoms with E-state index < -0.39 is 0 Å². The van der Waals surface area contributed by atoms with Crippen molar-refractivity contribution in [3.05, 3.63) is 29.8 Å². The van der Waals surface area contributed by atoms with Gasteiger partial charge in [0.2, 0.25) is 0 Å². The van der Waals surface area contributed by atoms with Gasteiger partial charge >= 0.3 is 0 Å². The summed E-state index contributed by atoms with van der Waals surface area (Å²) in [5, 5.41) is 0. The Morgan fingerprint density at radius 2 is 1.91 bits per heavy atom. The maximum atomic E-state index is 6.30. The van der Waals surface area contributed by atoms with Crippen molar-refractivity contribution in [3.63, 3.8) is 0 Å². The van der Waals surface area contributed by atoms with Crippen LogP contribution < -0.4 is 4.74 Å². The number of ether oxygens (including phenoxy) is 4. The molecule has 1 aromatic carbocycles. The molecule has 1 aromatic rings. The van der Waals surface area contributed by atoms with Crippen LogP contribution in [0.5, 0.6) is 5.75 Å². The van der Waals surface area contributed by atoms with Crippen molar-refractivity contribution in [3.8, 4) is 5.75 Å². The summed E-state index contributed by atoms with van der Waals surface area (Å²) in [6.07, 6.45) is 6.82. The van der Waals surface area contributed by atoms with Crippen LogP contribution in [0.1, 0.15) is 51.0 Å². The number of methoxy groups -OCH3 is 1. The van der Waals surface area contributed by atoms with E-state index in [1.165, 1.54) is 19.3 Å². The Labute approximate surface area is 139 Å². The molecule has 3 rings (SSSR count). The van der Waals surface area contributed by atoms with Crippen molar-refractivity contribution in [1.82, 2.24) is 0 Å². The molecule has 0 bridgehead atoms. The highest BCUT2D eigenvalue weighted by Gasteiger charge is 2.44. The number of hydrogen-bond donors (Lipinski definition) is 0. The summed E-state index contributed by atoms with van der Waals surface area (Å²) in [5.74, 6) is 0.548. The van der Waals surface area contributed by atoms with E-state index in [1.807, 2.05) is 24.3 Å². The zero-order valence-electron chi connectivity index (χ0n) is 14.3. The van der Waals surface area contributed by atoms with Crippen molar-refractivity contribution < 1.29 is 18.9 Å². The second-order valence-corrected chi connectivity index (χ2v) is 6.54. The normalized spacial score (nSPS) is 24.7. The van der Waals surface area contributed by atoms with Crippen LogP contribution in [0.4, 0.5) is 0 Å². The first-order chi connectivity index (χ1) is 11.2. The average Bonchev–Trinajstić information content (AvgIpc) is 3.00. The molecule has 1 saturated heterocycles. The Morgan fingerprint density at radius 3 is 2.57 bits per heavy atom. The molecule has 0 N–H and O–H groups in total. The van der Waals surface area contributed by atoms with Crippen LogP contribution >= 0.6 is 0 Å². The van der Waals surface area contributed by atoms with Crippen LogP contribution in [-0.4, -0.2) is 31.7 Å². The second-order valence-electron chi connectivity index (χ2n) is 6.54. The Kier molecular flexibility index (Phi) is 5.57. The third-order valence-corrected chi connectivity index (χ3v) is 4.93. The molecule has 1 saturated carbocycles. The SMILES string of the molecule is CC[C@H](OCc1ccc(OC)cc1)[C@H]1COC2(CCCCC2)O1. The summed E-state index contributed by atoms with van der Waals surface area (Å²) in [6, 6.07) is 8.01. The third kappa shape index (κ3) is 4.06. The van der Waals surface area contributed by atoms with Crippen LogP contribution in [-0.2, 0) is 20.8 Å². The molecule has 2 aliphatic rings. The Balaban J connectivity index is 1.53. The summed E-state index contributed by atoms with van der Waals surface area (Å²) in [7, 11) is 1.68. The summed E-state index contributed by atoms with van der Waals surface area (Å²) >= 11 is 0. The maximum absolute atomic E-state index is 6.30. The second kappa shape index (κ2) is 7.65. The third-order valence-electron chi connectivity index (χ3n) is 4.93. The first kappa shape index (κ1) is 16.7. The van der Waals surface area contributed by atoms with Gasteiger partial charge in [0, 0.05) is 12.8 Å². The van der Waals surface area contributed by atoms with Crippen molar-refractivity contribution in [1.29, 1.82) is 0 Å². The lowest BCUT2D eigenvalue weighted by molar-refractivity contribution is -0.199. The molecule has 23 heavy (non-hydrogen) atoms. The lowest BCUT2D eigenvalue weighted by Gasteiger charge is -2.32. The van der Waals surface area contributed by atoms with Gasteiger partial charge in [-0.3, -0.25) is 0 Å². The van der Waals surface area contributed by atoms with Gasteiger partial charge in [0.25, 0.3) is 0 Å². The molecule has 2 fully saturated rings. The highest BCUT2D eigenvalue weighted by atomic mass is 16.8. The molecule has 128 valence electrons. The van der Waals surface area contributed by atoms with Gasteiger partial charge in [-0.05, 0) is 37.0 Å². The number of rotatable bonds is 6. The van der Waals surface area contributed by atoms with Crippen molar-refractivity contribution in [2.45, 2.75) is 70.1 Å². The molecule has 0 amide bonds. The highest BCUT2D eigenvalue weighted by Crippen LogP contribution is 2.39. The standard InChI is InChI=1S/C19H28O4/c1-3-17(21-13-15-7-9-16(20-2)10-8-15)18-14-22-19(23-18)11-5-4-6-12-19/h7-10,17-18H,3-6,11-14H2,1-2H3/t17-,18+/m0/s1. The molecule has 4 heteroatoms. The largest absolute Gasteiger partial charge is 0.497 e. The minimum Gasteiger partial charge on any atom is -0.497 e. The van der Waals surface area contributed by atoms with Gasteiger partial charge < -0.3 is 18.9 Å². The smallest absolute Gasteiger partial charge is 0.169 e. The lowest BCUT2D eigenvalue weighted by atomic mass is 9.94. The van der Waals surface area contributed by atoms with Crippen molar-refractivity contribution >= 4 is 0 Å². The molecule has 0 aromatic heterocycles. The van der Waals surface area contributed by atoms with E-state index in [9.17, 15) is 0 Å².